The summed E-state index contributed by atoms with van der Waals surface area (Å²) in [6.07, 6.45) is -6.15. The molecule has 1 fully saturated rings. The molecule has 2 rings (SSSR count). The number of halogens is 3. The Hall–Kier alpha value is -1.68. The van der Waals surface area contributed by atoms with Crippen LogP contribution in [0.5, 0.6) is 0 Å². The van der Waals surface area contributed by atoms with Gasteiger partial charge in [0.15, 0.2) is 6.10 Å². The molecule has 0 amide bonds. The molecule has 1 aromatic heterocycles. The van der Waals surface area contributed by atoms with Gasteiger partial charge in [0, 0.05) is 20.1 Å². The minimum atomic E-state index is -4.64. The van der Waals surface area contributed by atoms with Crippen molar-refractivity contribution in [1.82, 2.24) is 19.9 Å². The zero-order chi connectivity index (χ0) is 16.5. The zero-order valence-corrected chi connectivity index (χ0v) is 12.4. The molecule has 2 atom stereocenters. The summed E-state index contributed by atoms with van der Waals surface area (Å²) in [5, 5.41) is 9.48. The van der Waals surface area contributed by atoms with Crippen LogP contribution >= 0.6 is 0 Å². The molecule has 0 spiro atoms. The highest BCUT2D eigenvalue weighted by molar-refractivity contribution is 5.32. The van der Waals surface area contributed by atoms with Crippen LogP contribution < -0.4 is 10.6 Å². The van der Waals surface area contributed by atoms with Crippen molar-refractivity contribution in [2.75, 3.05) is 31.3 Å². The lowest BCUT2D eigenvalue weighted by Gasteiger charge is -2.29. The van der Waals surface area contributed by atoms with Crippen LogP contribution in [0.25, 0.3) is 0 Å². The van der Waals surface area contributed by atoms with E-state index in [9.17, 15) is 18.3 Å². The first-order valence-electron chi connectivity index (χ1n) is 6.85. The molecule has 0 saturated carbocycles. The molecule has 124 valence electrons. The van der Waals surface area contributed by atoms with Gasteiger partial charge in [-0.2, -0.15) is 28.1 Å². The van der Waals surface area contributed by atoms with Crippen LogP contribution in [-0.4, -0.2) is 63.9 Å². The molecule has 1 aromatic rings. The highest BCUT2D eigenvalue weighted by Gasteiger charge is 2.47. The van der Waals surface area contributed by atoms with Gasteiger partial charge in [-0.15, -0.1) is 0 Å². The maximum absolute atomic E-state index is 12.7. The van der Waals surface area contributed by atoms with Crippen LogP contribution in [0.15, 0.2) is 0 Å². The number of aliphatic hydroxyl groups is 1. The number of anilines is 2. The van der Waals surface area contributed by atoms with Crippen molar-refractivity contribution in [1.29, 1.82) is 0 Å². The molecule has 10 heteroatoms. The summed E-state index contributed by atoms with van der Waals surface area (Å²) >= 11 is 0. The fourth-order valence-corrected chi connectivity index (χ4v) is 2.50. The number of nitrogens with two attached hydrogens (primary N) is 1. The average molecular weight is 320 g/mol. The number of aliphatic hydroxyl groups excluding tert-OH is 1. The molecule has 22 heavy (non-hydrogen) atoms. The van der Waals surface area contributed by atoms with Gasteiger partial charge in [0.05, 0.1) is 6.54 Å². The van der Waals surface area contributed by atoms with Crippen molar-refractivity contribution in [2.24, 2.45) is 0 Å². The van der Waals surface area contributed by atoms with Crippen LogP contribution in [0.4, 0.5) is 25.1 Å². The minimum Gasteiger partial charge on any atom is -0.382 e. The second kappa shape index (κ2) is 6.21. The second-order valence-corrected chi connectivity index (χ2v) is 5.47. The predicted molar refractivity (Wildman–Crippen MR) is 74.1 cm³/mol. The summed E-state index contributed by atoms with van der Waals surface area (Å²) in [5.41, 5.74) is 5.60. The Morgan fingerprint density at radius 1 is 1.36 bits per heavy atom. The fraction of sp³-hybridized carbons (Fsp3) is 0.750. The summed E-state index contributed by atoms with van der Waals surface area (Å²) < 4.78 is 38.1. The minimum absolute atomic E-state index is 0.0146. The highest BCUT2D eigenvalue weighted by Crippen LogP contribution is 2.31. The molecule has 1 aliphatic rings. The van der Waals surface area contributed by atoms with Gasteiger partial charge in [-0.3, -0.25) is 4.90 Å². The molecule has 0 bridgehead atoms. The first-order valence-corrected chi connectivity index (χ1v) is 6.85. The molecule has 3 N–H and O–H groups in total. The van der Waals surface area contributed by atoms with E-state index < -0.39 is 18.3 Å². The highest BCUT2D eigenvalue weighted by atomic mass is 19.4. The third-order valence-electron chi connectivity index (χ3n) is 3.55. The second-order valence-electron chi connectivity index (χ2n) is 5.47. The van der Waals surface area contributed by atoms with Gasteiger partial charge < -0.3 is 15.7 Å². The average Bonchev–Trinajstić information content (AvgIpc) is 2.83. The van der Waals surface area contributed by atoms with Gasteiger partial charge in [-0.1, -0.05) is 0 Å². The SMILES string of the molecule is CN(C)c1nc(N)nc(CN2CCCC2C(O)C(F)(F)F)n1. The van der Waals surface area contributed by atoms with Crippen molar-refractivity contribution >= 4 is 11.9 Å². The Morgan fingerprint density at radius 3 is 2.64 bits per heavy atom. The lowest BCUT2D eigenvalue weighted by atomic mass is 10.1. The Kier molecular flexibility index (Phi) is 4.71. The first-order chi connectivity index (χ1) is 10.2. The monoisotopic (exact) mass is 320 g/mol. The van der Waals surface area contributed by atoms with E-state index >= 15 is 0 Å². The topological polar surface area (TPSA) is 91.4 Å². The van der Waals surface area contributed by atoms with E-state index in [1.54, 1.807) is 19.0 Å². The van der Waals surface area contributed by atoms with E-state index in [1.807, 2.05) is 0 Å². The lowest BCUT2D eigenvalue weighted by Crippen LogP contribution is -2.46. The van der Waals surface area contributed by atoms with Crippen molar-refractivity contribution in [3.05, 3.63) is 5.82 Å². The van der Waals surface area contributed by atoms with E-state index in [4.69, 9.17) is 5.73 Å². The van der Waals surface area contributed by atoms with Crippen LogP contribution in [-0.2, 0) is 6.54 Å². The van der Waals surface area contributed by atoms with Crippen LogP contribution in [0.2, 0.25) is 0 Å². The molecular weight excluding hydrogens is 301 g/mol. The number of hydrogen-bond donors (Lipinski definition) is 2. The van der Waals surface area contributed by atoms with Gasteiger partial charge in [-0.25, -0.2) is 0 Å². The molecular formula is C12H19F3N6O. The number of aromatic nitrogens is 3. The van der Waals surface area contributed by atoms with Crippen LogP contribution in [0, 0.1) is 0 Å². The predicted octanol–water partition coefficient (Wildman–Crippen LogP) is 0.407. The Balaban J connectivity index is 2.16. The molecule has 2 unspecified atom stereocenters. The molecule has 0 radical (unpaired) electrons. The number of rotatable bonds is 4. The van der Waals surface area contributed by atoms with Gasteiger partial charge in [0.1, 0.15) is 5.82 Å². The van der Waals surface area contributed by atoms with E-state index in [0.717, 1.165) is 0 Å². The molecule has 1 aliphatic heterocycles. The Labute approximate surface area is 126 Å². The van der Waals surface area contributed by atoms with Gasteiger partial charge in [0.25, 0.3) is 0 Å². The molecule has 1 saturated heterocycles. The number of nitrogen functional groups attached to an aromatic ring is 1. The molecule has 0 aliphatic carbocycles. The maximum Gasteiger partial charge on any atom is 0.415 e. The number of nitrogens with zero attached hydrogens (tertiary/aromatic N) is 5. The van der Waals surface area contributed by atoms with Gasteiger partial charge >= 0.3 is 6.18 Å². The summed E-state index contributed by atoms with van der Waals surface area (Å²) in [4.78, 5) is 15.2. The molecule has 2 heterocycles. The van der Waals surface area contributed by atoms with Crippen molar-refractivity contribution in [3.63, 3.8) is 0 Å². The number of likely N-dealkylation sites (tertiary alicyclic amines) is 1. The van der Waals surface area contributed by atoms with Crippen LogP contribution in [0.1, 0.15) is 18.7 Å². The van der Waals surface area contributed by atoms with Gasteiger partial charge in [-0.05, 0) is 19.4 Å². The molecule has 0 aromatic carbocycles. The number of alkyl halides is 3. The smallest absolute Gasteiger partial charge is 0.382 e. The summed E-state index contributed by atoms with van der Waals surface area (Å²) in [6.45, 7) is 0.534. The standard InChI is InChI=1S/C12H19F3N6O/c1-20(2)11-18-8(17-10(16)19-11)6-21-5-3-4-7(21)9(22)12(13,14)15/h7,9,22H,3-6H2,1-2H3,(H2,16,17,18,19). The third kappa shape index (κ3) is 3.74. The first kappa shape index (κ1) is 16.7. The summed E-state index contributed by atoms with van der Waals surface area (Å²) in [5.74, 6) is 0.646. The van der Waals surface area contributed by atoms with Crippen LogP contribution in [0.3, 0.4) is 0 Å². The summed E-state index contributed by atoms with van der Waals surface area (Å²) in [6, 6.07) is -0.985. The number of hydrogen-bond acceptors (Lipinski definition) is 7. The van der Waals surface area contributed by atoms with Crippen molar-refractivity contribution in [2.45, 2.75) is 37.7 Å². The maximum atomic E-state index is 12.7. The van der Waals surface area contributed by atoms with Crippen molar-refractivity contribution < 1.29 is 18.3 Å². The Bertz CT molecular complexity index is 524. The lowest BCUT2D eigenvalue weighted by molar-refractivity contribution is -0.219. The molecule has 7 nitrogen and oxygen atoms in total. The summed E-state index contributed by atoms with van der Waals surface area (Å²) in [7, 11) is 3.45. The normalized spacial score (nSPS) is 21.1. The van der Waals surface area contributed by atoms with Crippen molar-refractivity contribution in [3.8, 4) is 0 Å². The third-order valence-corrected chi connectivity index (χ3v) is 3.55. The zero-order valence-electron chi connectivity index (χ0n) is 12.4. The van der Waals surface area contributed by atoms with E-state index in [1.165, 1.54) is 4.90 Å². The quantitative estimate of drug-likeness (QED) is 0.830. The van der Waals surface area contributed by atoms with E-state index in [2.05, 4.69) is 15.0 Å². The van der Waals surface area contributed by atoms with Gasteiger partial charge in [0.2, 0.25) is 11.9 Å². The van der Waals surface area contributed by atoms with E-state index in [0.29, 0.717) is 18.9 Å². The Morgan fingerprint density at radius 2 is 2.05 bits per heavy atom. The largest absolute Gasteiger partial charge is 0.415 e. The fourth-order valence-electron chi connectivity index (χ4n) is 2.50. The van der Waals surface area contributed by atoms with E-state index in [-0.39, 0.29) is 24.7 Å².